The van der Waals surface area contributed by atoms with Gasteiger partial charge in [-0.3, -0.25) is 4.98 Å². The van der Waals surface area contributed by atoms with Crippen LogP contribution in [0.25, 0.3) is 10.9 Å². The van der Waals surface area contributed by atoms with Gasteiger partial charge in [0.25, 0.3) is 0 Å². The minimum absolute atomic E-state index is 0.0144. The maximum Gasteiger partial charge on any atom is 0.337 e. The maximum absolute atomic E-state index is 14.8. The third kappa shape index (κ3) is 4.38. The van der Waals surface area contributed by atoms with E-state index in [-0.39, 0.29) is 15.6 Å². The van der Waals surface area contributed by atoms with Crippen LogP contribution in [0.3, 0.4) is 0 Å². The van der Waals surface area contributed by atoms with Crippen molar-refractivity contribution < 1.29 is 22.7 Å². The van der Waals surface area contributed by atoms with Crippen molar-refractivity contribution in [1.29, 1.82) is 0 Å². The van der Waals surface area contributed by atoms with Crippen LogP contribution in [0.2, 0.25) is 10.0 Å². The van der Waals surface area contributed by atoms with E-state index in [1.54, 1.807) is 23.9 Å². The number of carbonyl (C=O) groups is 1. The highest BCUT2D eigenvalue weighted by molar-refractivity contribution is 7.99. The number of benzene rings is 2. The number of hydrogen-bond donors (Lipinski definition) is 2. The molecule has 1 aliphatic rings. The van der Waals surface area contributed by atoms with Crippen molar-refractivity contribution >= 4 is 73.2 Å². The fourth-order valence-electron chi connectivity index (χ4n) is 3.39. The van der Waals surface area contributed by atoms with E-state index < -0.39 is 33.1 Å². The maximum atomic E-state index is 14.8. The third-order valence-electron chi connectivity index (χ3n) is 4.92. The van der Waals surface area contributed by atoms with Crippen molar-refractivity contribution in [2.24, 2.45) is 0 Å². The SMILES string of the molecule is O=C(O)c1cc(Cl)cc(F)c1Nc1c(S(=O)(=O)N2CCSCC2)cnc2ccc(Cl)cc12. The molecule has 168 valence electrons. The number of aromatic carboxylic acids is 1. The lowest BCUT2D eigenvalue weighted by molar-refractivity contribution is 0.0697. The first-order chi connectivity index (χ1) is 15.2. The van der Waals surface area contributed by atoms with Crippen molar-refractivity contribution in [3.8, 4) is 0 Å². The number of thioether (sulfide) groups is 1. The highest BCUT2D eigenvalue weighted by Gasteiger charge is 2.31. The molecular formula is C20H16Cl2FN3O4S2. The van der Waals surface area contributed by atoms with Crippen molar-refractivity contribution in [3.63, 3.8) is 0 Å². The summed E-state index contributed by atoms with van der Waals surface area (Å²) in [5.74, 6) is -1.09. The van der Waals surface area contributed by atoms with Crippen molar-refractivity contribution in [2.75, 3.05) is 29.9 Å². The average Bonchev–Trinajstić information content (AvgIpc) is 2.75. The predicted octanol–water partition coefficient (Wildman–Crippen LogP) is 4.86. The monoisotopic (exact) mass is 515 g/mol. The number of carboxylic acids is 1. The van der Waals surface area contributed by atoms with Crippen molar-refractivity contribution in [3.05, 3.63) is 58.0 Å². The van der Waals surface area contributed by atoms with Gasteiger partial charge in [0.1, 0.15) is 10.7 Å². The molecule has 0 unspecified atom stereocenters. The Morgan fingerprint density at radius 3 is 2.53 bits per heavy atom. The number of sulfonamides is 1. The molecule has 0 radical (unpaired) electrons. The number of nitrogens with zero attached hydrogens (tertiary/aromatic N) is 2. The number of aromatic nitrogens is 1. The van der Waals surface area contributed by atoms with Gasteiger partial charge in [-0.15, -0.1) is 0 Å². The second-order valence-corrected chi connectivity index (χ2v) is 10.9. The van der Waals surface area contributed by atoms with E-state index in [9.17, 15) is 22.7 Å². The molecule has 3 aromatic rings. The van der Waals surface area contributed by atoms with Crippen LogP contribution in [0, 0.1) is 5.82 Å². The van der Waals surface area contributed by atoms with E-state index in [1.165, 1.54) is 16.6 Å². The number of rotatable bonds is 5. The standard InChI is InChI=1S/C20H16Cl2FN3O4S2/c21-11-1-2-16-13(7-11)19(25-18-14(20(27)28)8-12(22)9-15(18)23)17(10-24-16)32(29,30)26-3-5-31-6-4-26/h1-2,7-10H,3-6H2,(H,24,25)(H,27,28). The van der Waals surface area contributed by atoms with Gasteiger partial charge in [-0.05, 0) is 30.3 Å². The first-order valence-corrected chi connectivity index (χ1v) is 12.7. The van der Waals surface area contributed by atoms with Gasteiger partial charge in [0.05, 0.1) is 22.5 Å². The Morgan fingerprint density at radius 1 is 1.12 bits per heavy atom. The predicted molar refractivity (Wildman–Crippen MR) is 124 cm³/mol. The number of hydrogen-bond acceptors (Lipinski definition) is 6. The second kappa shape index (κ2) is 9.03. The smallest absolute Gasteiger partial charge is 0.337 e. The number of halogens is 3. The lowest BCUT2D eigenvalue weighted by Gasteiger charge is -2.27. The molecule has 1 aromatic heterocycles. The summed E-state index contributed by atoms with van der Waals surface area (Å²) in [6.07, 6.45) is 1.18. The number of carboxylic acid groups (broad SMARTS) is 1. The molecule has 1 fully saturated rings. The first-order valence-electron chi connectivity index (χ1n) is 9.34. The molecule has 2 heterocycles. The van der Waals surface area contributed by atoms with Crippen LogP contribution < -0.4 is 5.32 Å². The highest BCUT2D eigenvalue weighted by Crippen LogP contribution is 2.37. The molecule has 32 heavy (non-hydrogen) atoms. The van der Waals surface area contributed by atoms with Crippen LogP contribution in [0.5, 0.6) is 0 Å². The Bertz CT molecular complexity index is 1330. The van der Waals surface area contributed by atoms with Gasteiger partial charge < -0.3 is 10.4 Å². The van der Waals surface area contributed by atoms with Crippen molar-refractivity contribution in [1.82, 2.24) is 9.29 Å². The molecule has 7 nitrogen and oxygen atoms in total. The van der Waals surface area contributed by atoms with Gasteiger partial charge in [0, 0.05) is 46.2 Å². The van der Waals surface area contributed by atoms with Crippen LogP contribution in [0.1, 0.15) is 10.4 Å². The summed E-state index contributed by atoms with van der Waals surface area (Å²) in [4.78, 5) is 15.8. The van der Waals surface area contributed by atoms with Crippen LogP contribution >= 0.6 is 35.0 Å². The fraction of sp³-hybridized carbons (Fsp3) is 0.200. The van der Waals surface area contributed by atoms with Crippen LogP contribution in [0.4, 0.5) is 15.8 Å². The largest absolute Gasteiger partial charge is 0.478 e. The van der Waals surface area contributed by atoms with Crippen LogP contribution in [-0.2, 0) is 10.0 Å². The lowest BCUT2D eigenvalue weighted by Crippen LogP contribution is -2.38. The average molecular weight is 516 g/mol. The van der Waals surface area contributed by atoms with E-state index in [4.69, 9.17) is 23.2 Å². The Balaban J connectivity index is 1.97. The van der Waals surface area contributed by atoms with Gasteiger partial charge in [-0.2, -0.15) is 16.1 Å². The third-order valence-corrected chi connectivity index (χ3v) is 8.22. The first kappa shape index (κ1) is 23.1. The molecule has 2 aromatic carbocycles. The minimum Gasteiger partial charge on any atom is -0.478 e. The lowest BCUT2D eigenvalue weighted by atomic mass is 10.1. The Kier molecular flexibility index (Phi) is 6.51. The van der Waals surface area contributed by atoms with E-state index in [2.05, 4.69) is 10.3 Å². The second-order valence-electron chi connectivity index (χ2n) is 6.92. The minimum atomic E-state index is -4.02. The summed E-state index contributed by atoms with van der Waals surface area (Å²) in [7, 11) is -4.02. The van der Waals surface area contributed by atoms with Gasteiger partial charge in [0.15, 0.2) is 0 Å². The topological polar surface area (TPSA) is 99.6 Å². The molecule has 1 saturated heterocycles. The summed E-state index contributed by atoms with van der Waals surface area (Å²) in [6.45, 7) is 0.630. The summed E-state index contributed by atoms with van der Waals surface area (Å²) in [6, 6.07) is 6.70. The molecule has 12 heteroatoms. The van der Waals surface area contributed by atoms with Gasteiger partial charge in [0.2, 0.25) is 10.0 Å². The van der Waals surface area contributed by atoms with Crippen molar-refractivity contribution in [2.45, 2.75) is 4.90 Å². The Morgan fingerprint density at radius 2 is 1.84 bits per heavy atom. The molecule has 0 bridgehead atoms. The highest BCUT2D eigenvalue weighted by atomic mass is 35.5. The molecule has 0 saturated carbocycles. The van der Waals surface area contributed by atoms with E-state index in [1.807, 2.05) is 0 Å². The fourth-order valence-corrected chi connectivity index (χ4v) is 6.45. The van der Waals surface area contributed by atoms with E-state index >= 15 is 0 Å². The zero-order valence-electron chi connectivity index (χ0n) is 16.3. The molecule has 0 aliphatic carbocycles. The molecule has 0 atom stereocenters. The normalized spacial score (nSPS) is 15.1. The van der Waals surface area contributed by atoms with Gasteiger partial charge in [-0.25, -0.2) is 17.6 Å². The summed E-state index contributed by atoms with van der Waals surface area (Å²) < 4.78 is 43.1. The van der Waals surface area contributed by atoms with Gasteiger partial charge >= 0.3 is 5.97 Å². The molecule has 0 amide bonds. The van der Waals surface area contributed by atoms with E-state index in [0.29, 0.717) is 40.5 Å². The molecule has 1 aliphatic heterocycles. The molecule has 0 spiro atoms. The van der Waals surface area contributed by atoms with Gasteiger partial charge in [-0.1, -0.05) is 23.2 Å². The summed E-state index contributed by atoms with van der Waals surface area (Å²) in [5, 5.41) is 12.8. The Labute approximate surface area is 197 Å². The zero-order valence-corrected chi connectivity index (χ0v) is 19.5. The summed E-state index contributed by atoms with van der Waals surface area (Å²) in [5.41, 5.74) is -0.476. The van der Waals surface area contributed by atoms with Crippen LogP contribution in [-0.4, -0.2) is 53.4 Å². The number of anilines is 2. The number of fused-ring (bicyclic) bond motifs is 1. The quantitative estimate of drug-likeness (QED) is 0.500. The Hall–Kier alpha value is -2.11. The summed E-state index contributed by atoms with van der Waals surface area (Å²) >= 11 is 13.6. The van der Waals surface area contributed by atoms with Crippen LogP contribution in [0.15, 0.2) is 41.4 Å². The zero-order chi connectivity index (χ0) is 23.0. The number of pyridine rings is 1. The molecule has 2 N–H and O–H groups in total. The molecular weight excluding hydrogens is 500 g/mol. The molecule has 4 rings (SSSR count). The van der Waals surface area contributed by atoms with E-state index in [0.717, 1.165) is 12.1 Å². The number of nitrogens with one attached hydrogen (secondary N) is 1.